The number of carboxylic acid groups (broad SMARTS) is 1. The molecule has 0 saturated carbocycles. The summed E-state index contributed by atoms with van der Waals surface area (Å²) in [6, 6.07) is 5.04. The average molecular weight is 489 g/mol. The minimum absolute atomic E-state index is 0. The number of unbranched alkanes of at least 4 members (excludes halogenated alkanes) is 1. The molecule has 1 aromatic carbocycles. The Kier molecular flexibility index (Phi) is 16.0. The second-order valence-electron chi connectivity index (χ2n) is 5.31. The Balaban J connectivity index is 0. The quantitative estimate of drug-likeness (QED) is 0.113. The van der Waals surface area contributed by atoms with E-state index in [-0.39, 0.29) is 29.6 Å². The van der Waals surface area contributed by atoms with Crippen LogP contribution in [0.2, 0.25) is 5.02 Å². The Bertz CT molecular complexity index is 666. The summed E-state index contributed by atoms with van der Waals surface area (Å²) >= 11 is 6.04. The summed E-state index contributed by atoms with van der Waals surface area (Å²) in [5, 5.41) is 8.74. The van der Waals surface area contributed by atoms with Gasteiger partial charge in [-0.3, -0.25) is 13.9 Å². The van der Waals surface area contributed by atoms with E-state index in [1.807, 2.05) is 0 Å². The Morgan fingerprint density at radius 3 is 1.89 bits per heavy atom. The number of hydrogen-bond donors (Lipinski definition) is 7. The van der Waals surface area contributed by atoms with E-state index in [9.17, 15) is 13.9 Å². The zero-order chi connectivity index (χ0) is 21.3. The van der Waals surface area contributed by atoms with Crippen LogP contribution in [0.5, 0.6) is 0 Å². The molecule has 0 amide bonds. The van der Waals surface area contributed by atoms with Gasteiger partial charge >= 0.3 is 50.7 Å². The summed E-state index contributed by atoms with van der Waals surface area (Å²) in [5.74, 6) is -0.933. The number of halogens is 1. The molecule has 1 atom stereocenters. The number of carboxylic acids is 1. The summed E-state index contributed by atoms with van der Waals surface area (Å²) in [4.78, 5) is 46.1. The molecule has 0 heterocycles. The molecule has 0 fully saturated rings. The van der Waals surface area contributed by atoms with E-state index in [2.05, 4.69) is 0 Å². The molecule has 0 aliphatic carbocycles. The SMILES string of the molecule is NCCCC[C@H](N)C(=O)O.O=P(O)(O)C(Sc1ccc(Cl)cc1)P(=O)(O)O.[NaH]. The van der Waals surface area contributed by atoms with Crippen LogP contribution in [0.4, 0.5) is 0 Å². The zero-order valence-corrected chi connectivity index (χ0v) is 17.4. The molecule has 158 valence electrons. The van der Waals surface area contributed by atoms with Crippen LogP contribution < -0.4 is 11.5 Å². The predicted octanol–water partition coefficient (Wildman–Crippen LogP) is 0.950. The normalized spacial score (nSPS) is 12.6. The van der Waals surface area contributed by atoms with Gasteiger partial charge in [0.25, 0.3) is 0 Å². The van der Waals surface area contributed by atoms with Gasteiger partial charge in [-0.1, -0.05) is 29.8 Å². The van der Waals surface area contributed by atoms with Gasteiger partial charge in [0, 0.05) is 9.92 Å². The molecule has 0 saturated heterocycles. The first-order chi connectivity index (χ1) is 12.3. The van der Waals surface area contributed by atoms with Crippen LogP contribution in [0.1, 0.15) is 19.3 Å². The van der Waals surface area contributed by atoms with Crippen molar-refractivity contribution in [1.29, 1.82) is 0 Å². The number of carbonyl (C=O) groups is 1. The molecule has 15 heteroatoms. The number of hydrogen-bond acceptors (Lipinski definition) is 6. The molecule has 0 aromatic heterocycles. The molecular formula is C13H24ClN2NaO8P2S. The second kappa shape index (κ2) is 14.5. The van der Waals surface area contributed by atoms with E-state index in [1.165, 1.54) is 24.3 Å². The summed E-state index contributed by atoms with van der Waals surface area (Å²) in [6.07, 6.45) is 2.16. The monoisotopic (exact) mass is 488 g/mol. The molecular weight excluding hydrogens is 465 g/mol. The van der Waals surface area contributed by atoms with Crippen molar-refractivity contribution in [3.05, 3.63) is 29.3 Å². The zero-order valence-electron chi connectivity index (χ0n) is 14.1. The number of thioether (sulfide) groups is 1. The fourth-order valence-corrected chi connectivity index (χ4v) is 5.66. The molecule has 0 unspecified atom stereocenters. The molecule has 0 spiro atoms. The molecule has 1 rings (SSSR count). The first-order valence-electron chi connectivity index (χ1n) is 7.50. The predicted molar refractivity (Wildman–Crippen MR) is 111 cm³/mol. The van der Waals surface area contributed by atoms with E-state index < -0.39 is 31.9 Å². The van der Waals surface area contributed by atoms with Crippen molar-refractivity contribution in [3.8, 4) is 0 Å². The number of benzene rings is 1. The molecule has 28 heavy (non-hydrogen) atoms. The van der Waals surface area contributed by atoms with Gasteiger partial charge in [-0.05, 0) is 43.7 Å². The molecule has 0 aliphatic heterocycles. The second-order valence-corrected chi connectivity index (χ2v) is 11.4. The van der Waals surface area contributed by atoms with Crippen molar-refractivity contribution < 1.29 is 38.6 Å². The van der Waals surface area contributed by atoms with E-state index in [0.717, 1.165) is 12.8 Å². The molecule has 0 radical (unpaired) electrons. The summed E-state index contributed by atoms with van der Waals surface area (Å²) < 4.78 is 19.9. The molecule has 0 bridgehead atoms. The fourth-order valence-electron chi connectivity index (χ4n) is 1.60. The maximum atomic E-state index is 11.0. The Morgan fingerprint density at radius 2 is 1.54 bits per heavy atom. The van der Waals surface area contributed by atoms with Gasteiger partial charge in [0.15, 0.2) is 0 Å². The van der Waals surface area contributed by atoms with Crippen molar-refractivity contribution in [2.45, 2.75) is 34.9 Å². The van der Waals surface area contributed by atoms with Crippen LogP contribution in [0, 0.1) is 0 Å². The van der Waals surface area contributed by atoms with Crippen molar-refractivity contribution in [3.63, 3.8) is 0 Å². The number of nitrogens with two attached hydrogens (primary N) is 2. The summed E-state index contributed by atoms with van der Waals surface area (Å²) in [5.41, 5.74) is 10.4. The van der Waals surface area contributed by atoms with Gasteiger partial charge < -0.3 is 36.1 Å². The first kappa shape index (κ1) is 30.7. The minimum atomic E-state index is -4.91. The van der Waals surface area contributed by atoms with Gasteiger partial charge in [-0.25, -0.2) is 0 Å². The molecule has 0 aliphatic rings. The standard InChI is InChI=1S/C7H9ClO6P2S.C6H14N2O2.Na.H/c8-5-1-3-6(4-2-5)17-7(15(9,10)11)16(12,13)14;7-4-2-1-3-5(8)6(9)10;;/h1-4,7H,(H2,9,10,11)(H2,12,13,14);5H,1-4,7-8H2,(H,9,10);;/t;5-;;/m.0../s1. The number of aliphatic carboxylic acids is 1. The Hall–Kier alpha value is 0.550. The van der Waals surface area contributed by atoms with Crippen molar-refractivity contribution >= 4 is 74.1 Å². The third-order valence-corrected chi connectivity index (χ3v) is 9.16. The Labute approximate surface area is 194 Å². The molecule has 1 aromatic rings. The van der Waals surface area contributed by atoms with Crippen LogP contribution in [-0.4, -0.2) is 77.5 Å². The summed E-state index contributed by atoms with van der Waals surface area (Å²) in [6.45, 7) is 0.604. The van der Waals surface area contributed by atoms with E-state index in [4.69, 9.17) is 47.7 Å². The van der Waals surface area contributed by atoms with Crippen LogP contribution in [0.15, 0.2) is 29.2 Å². The van der Waals surface area contributed by atoms with Crippen LogP contribution in [0.25, 0.3) is 0 Å². The number of rotatable bonds is 9. The van der Waals surface area contributed by atoms with Gasteiger partial charge in [0.1, 0.15) is 6.04 Å². The van der Waals surface area contributed by atoms with Crippen molar-refractivity contribution in [2.75, 3.05) is 6.54 Å². The third-order valence-electron chi connectivity index (χ3n) is 2.92. The van der Waals surface area contributed by atoms with E-state index >= 15 is 0 Å². The van der Waals surface area contributed by atoms with Gasteiger partial charge in [0.05, 0.1) is 0 Å². The van der Waals surface area contributed by atoms with Crippen LogP contribution in [0.3, 0.4) is 0 Å². The third kappa shape index (κ3) is 13.7. The van der Waals surface area contributed by atoms with Crippen molar-refractivity contribution in [2.24, 2.45) is 11.5 Å². The summed E-state index contributed by atoms with van der Waals surface area (Å²) in [7, 11) is -9.82. The molecule has 10 nitrogen and oxygen atoms in total. The fraction of sp³-hybridized carbons (Fsp3) is 0.462. The maximum absolute atomic E-state index is 11.0. The average Bonchev–Trinajstić information content (AvgIpc) is 2.52. The van der Waals surface area contributed by atoms with Gasteiger partial charge in [-0.15, -0.1) is 0 Å². The topological polar surface area (TPSA) is 204 Å². The van der Waals surface area contributed by atoms with Gasteiger partial charge in [-0.2, -0.15) is 0 Å². The van der Waals surface area contributed by atoms with E-state index in [1.54, 1.807) is 0 Å². The molecule has 9 N–H and O–H groups in total. The van der Waals surface area contributed by atoms with Crippen LogP contribution >= 0.6 is 38.6 Å². The Morgan fingerprint density at radius 1 is 1.07 bits per heavy atom. The van der Waals surface area contributed by atoms with Crippen LogP contribution in [-0.2, 0) is 13.9 Å². The first-order valence-corrected chi connectivity index (χ1v) is 12.1. The van der Waals surface area contributed by atoms with E-state index in [0.29, 0.717) is 34.6 Å². The van der Waals surface area contributed by atoms with Crippen molar-refractivity contribution in [1.82, 2.24) is 0 Å². The van der Waals surface area contributed by atoms with Gasteiger partial charge in [0.2, 0.25) is 4.73 Å².